The highest BCUT2D eigenvalue weighted by Crippen LogP contribution is 2.25. The lowest BCUT2D eigenvalue weighted by Crippen LogP contribution is -2.04. The van der Waals surface area contributed by atoms with Crippen LogP contribution in [0.15, 0.2) is 22.9 Å². The predicted molar refractivity (Wildman–Crippen MR) is 72.9 cm³/mol. The van der Waals surface area contributed by atoms with Crippen LogP contribution in [0.3, 0.4) is 0 Å². The summed E-state index contributed by atoms with van der Waals surface area (Å²) in [5.41, 5.74) is 1.09. The number of oxazole rings is 1. The van der Waals surface area contributed by atoms with Gasteiger partial charge in [0.25, 0.3) is 4.84 Å². The van der Waals surface area contributed by atoms with E-state index in [-0.39, 0.29) is 4.84 Å². The zero-order valence-electron chi connectivity index (χ0n) is 9.38. The minimum Gasteiger partial charge on any atom is -0.426 e. The van der Waals surface area contributed by atoms with Gasteiger partial charge in [0.1, 0.15) is 0 Å². The van der Waals surface area contributed by atoms with Gasteiger partial charge in [-0.2, -0.15) is 4.98 Å². The number of nitrogens with zero attached hydrogens (tertiary/aromatic N) is 3. The first-order valence-electron chi connectivity index (χ1n) is 5.19. The van der Waals surface area contributed by atoms with Gasteiger partial charge in [-0.05, 0) is 30.8 Å². The van der Waals surface area contributed by atoms with E-state index in [9.17, 15) is 0 Å². The summed E-state index contributed by atoms with van der Waals surface area (Å²) in [6.45, 7) is 2.66. The molecule has 0 saturated heterocycles. The summed E-state index contributed by atoms with van der Waals surface area (Å²) in [5.74, 6) is 1.45. The molecule has 0 saturated carbocycles. The number of rotatable bonds is 2. The second-order valence-corrected chi connectivity index (χ2v) is 5.94. The SMILES string of the molecule is Cc1cc2oc(=S)nc-2n(Cc2cnc(Cl)s2)c1. The van der Waals surface area contributed by atoms with Gasteiger partial charge in [-0.25, -0.2) is 4.98 Å². The van der Waals surface area contributed by atoms with Crippen LogP contribution in [0.1, 0.15) is 10.4 Å². The first-order chi connectivity index (χ1) is 8.61. The molecule has 2 aliphatic rings. The van der Waals surface area contributed by atoms with Crippen LogP contribution in [0, 0.1) is 11.8 Å². The lowest BCUT2D eigenvalue weighted by Gasteiger charge is -2.09. The van der Waals surface area contributed by atoms with Gasteiger partial charge in [-0.1, -0.05) is 11.6 Å². The molecule has 7 heteroatoms. The van der Waals surface area contributed by atoms with Crippen molar-refractivity contribution in [3.05, 3.63) is 38.2 Å². The largest absolute Gasteiger partial charge is 0.426 e. The van der Waals surface area contributed by atoms with Crippen LogP contribution < -0.4 is 0 Å². The molecule has 3 rings (SSSR count). The molecule has 1 aromatic rings. The van der Waals surface area contributed by atoms with Crippen LogP contribution >= 0.6 is 35.2 Å². The second kappa shape index (κ2) is 4.46. The smallest absolute Gasteiger partial charge is 0.291 e. The number of aromatic nitrogens is 3. The van der Waals surface area contributed by atoms with Gasteiger partial charge in [0.05, 0.1) is 6.54 Å². The van der Waals surface area contributed by atoms with E-state index in [2.05, 4.69) is 9.97 Å². The molecular formula is C11H8ClN3OS2. The fourth-order valence-corrected chi connectivity index (χ4v) is 2.95. The number of fused-ring (bicyclic) bond motifs is 1. The zero-order valence-corrected chi connectivity index (χ0v) is 11.8. The molecular weight excluding hydrogens is 290 g/mol. The van der Waals surface area contributed by atoms with Crippen molar-refractivity contribution < 1.29 is 4.42 Å². The Morgan fingerprint density at radius 3 is 3.11 bits per heavy atom. The van der Waals surface area contributed by atoms with E-state index in [1.54, 1.807) is 6.20 Å². The molecule has 4 nitrogen and oxygen atoms in total. The van der Waals surface area contributed by atoms with Crippen LogP contribution in [0.2, 0.25) is 4.47 Å². The molecule has 0 aromatic carbocycles. The van der Waals surface area contributed by atoms with E-state index >= 15 is 0 Å². The summed E-state index contributed by atoms with van der Waals surface area (Å²) in [4.78, 5) is 9.56. The Bertz CT molecular complexity index is 730. The normalized spacial score (nSPS) is 11.2. The summed E-state index contributed by atoms with van der Waals surface area (Å²) in [7, 11) is 0. The van der Waals surface area contributed by atoms with Crippen molar-refractivity contribution in [3.63, 3.8) is 0 Å². The van der Waals surface area contributed by atoms with Crippen molar-refractivity contribution in [1.82, 2.24) is 14.5 Å². The molecule has 3 heterocycles. The van der Waals surface area contributed by atoms with Gasteiger partial charge in [-0.3, -0.25) is 0 Å². The molecule has 2 aliphatic heterocycles. The summed E-state index contributed by atoms with van der Waals surface area (Å²) < 4.78 is 7.91. The zero-order chi connectivity index (χ0) is 12.7. The van der Waals surface area contributed by atoms with Gasteiger partial charge in [0, 0.05) is 17.3 Å². The summed E-state index contributed by atoms with van der Waals surface area (Å²) in [6.07, 6.45) is 3.77. The molecule has 0 amide bonds. The maximum Gasteiger partial charge on any atom is 0.291 e. The lowest BCUT2D eigenvalue weighted by molar-refractivity contribution is 0.554. The van der Waals surface area contributed by atoms with Crippen LogP contribution in [0.5, 0.6) is 0 Å². The van der Waals surface area contributed by atoms with Gasteiger partial charge < -0.3 is 8.98 Å². The van der Waals surface area contributed by atoms with Crippen LogP contribution in [0.25, 0.3) is 11.6 Å². The molecule has 18 heavy (non-hydrogen) atoms. The molecule has 1 aromatic heterocycles. The summed E-state index contributed by atoms with van der Waals surface area (Å²) in [6, 6.07) is 1.92. The van der Waals surface area contributed by atoms with E-state index in [0.29, 0.717) is 16.8 Å². The fraction of sp³-hybridized carbons (Fsp3) is 0.182. The predicted octanol–water partition coefficient (Wildman–Crippen LogP) is 3.78. The number of halogens is 1. The Labute approximate surface area is 117 Å². The number of pyridine rings is 1. The lowest BCUT2D eigenvalue weighted by atomic mass is 10.2. The quantitative estimate of drug-likeness (QED) is 0.675. The van der Waals surface area contributed by atoms with E-state index in [1.807, 2.05) is 23.8 Å². The molecule has 0 N–H and O–H groups in total. The minimum absolute atomic E-state index is 0.256. The van der Waals surface area contributed by atoms with Gasteiger partial charge in [0.15, 0.2) is 16.1 Å². The number of hydrogen-bond donors (Lipinski definition) is 0. The minimum atomic E-state index is 0.256. The Morgan fingerprint density at radius 1 is 1.56 bits per heavy atom. The average Bonchev–Trinajstić information content (AvgIpc) is 2.84. The Hall–Kier alpha value is -1.24. The third kappa shape index (κ3) is 2.19. The van der Waals surface area contributed by atoms with Crippen molar-refractivity contribution in [2.24, 2.45) is 0 Å². The fourth-order valence-electron chi connectivity index (χ4n) is 1.80. The molecule has 0 fully saturated rings. The second-order valence-electron chi connectivity index (χ2n) is 3.89. The van der Waals surface area contributed by atoms with E-state index in [4.69, 9.17) is 28.2 Å². The number of aryl methyl sites for hydroxylation is 1. The molecule has 0 bridgehead atoms. The maximum atomic E-state index is 5.83. The number of hydrogen-bond acceptors (Lipinski definition) is 5. The summed E-state index contributed by atoms with van der Waals surface area (Å²) >= 11 is 12.2. The third-order valence-electron chi connectivity index (χ3n) is 2.46. The molecule has 0 unspecified atom stereocenters. The Balaban J connectivity index is 2.08. The molecule has 0 spiro atoms. The topological polar surface area (TPSA) is 43.9 Å². The summed E-state index contributed by atoms with van der Waals surface area (Å²) in [5, 5.41) is 0. The third-order valence-corrected chi connectivity index (χ3v) is 3.73. The Morgan fingerprint density at radius 2 is 2.39 bits per heavy atom. The van der Waals surface area contributed by atoms with Gasteiger partial charge in [0.2, 0.25) is 0 Å². The van der Waals surface area contributed by atoms with Gasteiger partial charge >= 0.3 is 0 Å². The first-order valence-corrected chi connectivity index (χ1v) is 6.80. The maximum absolute atomic E-state index is 5.83. The highest BCUT2D eigenvalue weighted by Gasteiger charge is 2.14. The monoisotopic (exact) mass is 297 g/mol. The van der Waals surface area contributed by atoms with E-state index in [0.717, 1.165) is 16.3 Å². The first kappa shape index (κ1) is 11.8. The van der Waals surface area contributed by atoms with Crippen LogP contribution in [-0.4, -0.2) is 14.5 Å². The van der Waals surface area contributed by atoms with Crippen molar-refractivity contribution in [2.45, 2.75) is 13.5 Å². The average molecular weight is 298 g/mol. The van der Waals surface area contributed by atoms with Crippen molar-refractivity contribution >= 4 is 35.2 Å². The van der Waals surface area contributed by atoms with Crippen molar-refractivity contribution in [3.8, 4) is 11.6 Å². The van der Waals surface area contributed by atoms with E-state index < -0.39 is 0 Å². The molecule has 0 aliphatic carbocycles. The van der Waals surface area contributed by atoms with Crippen LogP contribution in [0.4, 0.5) is 0 Å². The highest BCUT2D eigenvalue weighted by molar-refractivity contribution is 7.71. The molecule has 0 radical (unpaired) electrons. The van der Waals surface area contributed by atoms with Crippen molar-refractivity contribution in [2.75, 3.05) is 0 Å². The highest BCUT2D eigenvalue weighted by atomic mass is 35.5. The van der Waals surface area contributed by atoms with Gasteiger partial charge in [-0.15, -0.1) is 11.3 Å². The number of thiazole rings is 1. The van der Waals surface area contributed by atoms with Crippen LogP contribution in [-0.2, 0) is 6.54 Å². The Kier molecular flexibility index (Phi) is 2.93. The standard InChI is InChI=1S/C11H8ClN3OS2/c1-6-2-8-9(14-11(17)16-8)15(4-6)5-7-3-13-10(12)18-7/h2-4H,5H2,1H3. The van der Waals surface area contributed by atoms with E-state index in [1.165, 1.54) is 11.3 Å². The van der Waals surface area contributed by atoms with Crippen molar-refractivity contribution in [1.29, 1.82) is 0 Å². The molecule has 92 valence electrons. The molecule has 0 atom stereocenters.